The van der Waals surface area contributed by atoms with Crippen molar-refractivity contribution in [1.29, 1.82) is 0 Å². The molecule has 2 N–H and O–H groups in total. The molecule has 1 fully saturated rings. The highest BCUT2D eigenvalue weighted by Gasteiger charge is 2.49. The third-order valence-electron chi connectivity index (χ3n) is 4.84. The number of hydrogen-bond acceptors (Lipinski definition) is 3. The third-order valence-corrected chi connectivity index (χ3v) is 5.51. The number of carbonyl (C=O) groups is 3. The summed E-state index contributed by atoms with van der Waals surface area (Å²) >= 11 is 2.15. The highest BCUT2D eigenvalue weighted by atomic mass is 127. The Hall–Kier alpha value is -2.42. The van der Waals surface area contributed by atoms with Crippen LogP contribution in [0, 0.1) is 3.57 Å². The average Bonchev–Trinajstić information content (AvgIpc) is 2.86. The van der Waals surface area contributed by atoms with Crippen molar-refractivity contribution in [2.24, 2.45) is 0 Å². The van der Waals surface area contributed by atoms with E-state index in [4.69, 9.17) is 0 Å². The van der Waals surface area contributed by atoms with Crippen LogP contribution in [0.25, 0.3) is 0 Å². The molecule has 1 saturated heterocycles. The van der Waals surface area contributed by atoms with Gasteiger partial charge in [0.1, 0.15) is 12.1 Å². The first-order valence-electron chi connectivity index (χ1n) is 9.00. The number of imide groups is 1. The minimum absolute atomic E-state index is 0.337. The van der Waals surface area contributed by atoms with Crippen molar-refractivity contribution < 1.29 is 14.4 Å². The number of hydrogen-bond donors (Lipinski definition) is 2. The van der Waals surface area contributed by atoms with Crippen molar-refractivity contribution in [1.82, 2.24) is 10.2 Å². The van der Waals surface area contributed by atoms with E-state index < -0.39 is 23.4 Å². The van der Waals surface area contributed by atoms with Crippen molar-refractivity contribution in [3.05, 3.63) is 63.2 Å². The summed E-state index contributed by atoms with van der Waals surface area (Å²) in [6.45, 7) is 5.51. The normalized spacial score (nSPS) is 19.1. The molecule has 1 aliphatic heterocycles. The molecule has 1 unspecified atom stereocenters. The van der Waals surface area contributed by atoms with E-state index in [1.807, 2.05) is 42.5 Å². The molecule has 146 valence electrons. The highest BCUT2D eigenvalue weighted by Crippen LogP contribution is 2.30. The predicted molar refractivity (Wildman–Crippen MR) is 116 cm³/mol. The van der Waals surface area contributed by atoms with Crippen molar-refractivity contribution in [3.8, 4) is 0 Å². The number of nitrogens with zero attached hydrogens (tertiary/aromatic N) is 1. The van der Waals surface area contributed by atoms with Crippen LogP contribution in [0.1, 0.15) is 37.8 Å². The number of nitrogens with one attached hydrogen (secondary N) is 2. The van der Waals surface area contributed by atoms with E-state index in [0.29, 0.717) is 17.2 Å². The summed E-state index contributed by atoms with van der Waals surface area (Å²) in [6.07, 6.45) is 0. The molecule has 2 aromatic carbocycles. The molecule has 0 aromatic heterocycles. The molecule has 0 saturated carbocycles. The van der Waals surface area contributed by atoms with Gasteiger partial charge in [0.15, 0.2) is 0 Å². The van der Waals surface area contributed by atoms with Gasteiger partial charge in [0, 0.05) is 9.26 Å². The van der Waals surface area contributed by atoms with Crippen molar-refractivity contribution >= 4 is 46.1 Å². The molecule has 0 bridgehead atoms. The molecular formula is C21H22IN3O3. The molecule has 3 rings (SSSR count). The van der Waals surface area contributed by atoms with Crippen LogP contribution in [0.5, 0.6) is 0 Å². The zero-order valence-electron chi connectivity index (χ0n) is 16.0. The van der Waals surface area contributed by atoms with E-state index in [1.165, 1.54) is 0 Å². The molecule has 0 aliphatic carbocycles. The predicted octanol–water partition coefficient (Wildman–Crippen LogP) is 3.82. The number of anilines is 1. The van der Waals surface area contributed by atoms with E-state index in [1.54, 1.807) is 13.0 Å². The summed E-state index contributed by atoms with van der Waals surface area (Å²) in [4.78, 5) is 38.7. The number of rotatable bonds is 5. The lowest BCUT2D eigenvalue weighted by molar-refractivity contribution is -0.133. The summed E-state index contributed by atoms with van der Waals surface area (Å²) in [6, 6.07) is 14.3. The zero-order valence-corrected chi connectivity index (χ0v) is 18.1. The van der Waals surface area contributed by atoms with Gasteiger partial charge in [-0.1, -0.05) is 44.2 Å². The number of urea groups is 1. The van der Waals surface area contributed by atoms with E-state index in [2.05, 4.69) is 47.1 Å². The molecule has 1 atom stereocenters. The van der Waals surface area contributed by atoms with Gasteiger partial charge in [0.25, 0.3) is 5.91 Å². The molecule has 4 amide bonds. The van der Waals surface area contributed by atoms with Gasteiger partial charge in [-0.2, -0.15) is 0 Å². The topological polar surface area (TPSA) is 78.5 Å². The second-order valence-electron chi connectivity index (χ2n) is 7.28. The number of carbonyl (C=O) groups excluding carboxylic acids is 3. The van der Waals surface area contributed by atoms with Crippen LogP contribution in [0.2, 0.25) is 0 Å². The second kappa shape index (κ2) is 7.90. The third kappa shape index (κ3) is 4.04. The lowest BCUT2D eigenvalue weighted by atomic mass is 9.90. The molecule has 6 nitrogen and oxygen atoms in total. The van der Waals surface area contributed by atoms with Crippen LogP contribution < -0.4 is 10.6 Å². The van der Waals surface area contributed by atoms with Gasteiger partial charge < -0.3 is 10.6 Å². The fourth-order valence-corrected chi connectivity index (χ4v) is 3.69. The Kier molecular flexibility index (Phi) is 5.74. The molecule has 1 aliphatic rings. The van der Waals surface area contributed by atoms with E-state index in [0.717, 1.165) is 14.0 Å². The first-order chi connectivity index (χ1) is 13.2. The quantitative estimate of drug-likeness (QED) is 0.493. The van der Waals surface area contributed by atoms with Crippen molar-refractivity contribution in [2.75, 3.05) is 11.9 Å². The lowest BCUT2D eigenvalue weighted by Crippen LogP contribution is -2.42. The van der Waals surface area contributed by atoms with Gasteiger partial charge >= 0.3 is 6.03 Å². The highest BCUT2D eigenvalue weighted by molar-refractivity contribution is 14.1. The van der Waals surface area contributed by atoms with Gasteiger partial charge in [-0.05, 0) is 64.8 Å². The maximum atomic E-state index is 13.0. The molecule has 28 heavy (non-hydrogen) atoms. The largest absolute Gasteiger partial charge is 0.325 e. The maximum Gasteiger partial charge on any atom is 0.325 e. The molecule has 2 aromatic rings. The van der Waals surface area contributed by atoms with E-state index in [9.17, 15) is 14.4 Å². The van der Waals surface area contributed by atoms with Crippen LogP contribution >= 0.6 is 22.6 Å². The maximum absolute atomic E-state index is 13.0. The summed E-state index contributed by atoms with van der Waals surface area (Å²) in [5.74, 6) is -0.491. The summed E-state index contributed by atoms with van der Waals surface area (Å²) in [5, 5.41) is 5.45. The van der Waals surface area contributed by atoms with Crippen LogP contribution in [0.15, 0.2) is 48.5 Å². The van der Waals surface area contributed by atoms with Gasteiger partial charge in [-0.25, -0.2) is 4.79 Å². The molecule has 7 heteroatoms. The SMILES string of the molecule is CC(C)c1ccc(C2(C)NC(=O)N(CC(=O)Nc3cccc(I)c3)C2=O)cc1. The molecule has 0 radical (unpaired) electrons. The number of halogens is 1. The zero-order chi connectivity index (χ0) is 20.5. The Morgan fingerprint density at radius 1 is 1.18 bits per heavy atom. The van der Waals surface area contributed by atoms with Gasteiger partial charge in [-0.15, -0.1) is 0 Å². The summed E-state index contributed by atoms with van der Waals surface area (Å²) in [7, 11) is 0. The fourth-order valence-electron chi connectivity index (χ4n) is 3.15. The lowest BCUT2D eigenvalue weighted by Gasteiger charge is -2.22. The van der Waals surface area contributed by atoms with Gasteiger partial charge in [0.05, 0.1) is 0 Å². The minimum Gasteiger partial charge on any atom is -0.324 e. The second-order valence-corrected chi connectivity index (χ2v) is 8.53. The Labute approximate surface area is 177 Å². The van der Waals surface area contributed by atoms with Crippen LogP contribution in [-0.2, 0) is 15.1 Å². The van der Waals surface area contributed by atoms with E-state index >= 15 is 0 Å². The standard InChI is InChI=1S/C21H22IN3O3/c1-13(2)14-7-9-15(10-8-14)21(3)19(27)25(20(28)24-21)12-18(26)23-17-6-4-5-16(22)11-17/h4-11,13H,12H2,1-3H3,(H,23,26)(H,24,28). The van der Waals surface area contributed by atoms with Crippen LogP contribution in [0.3, 0.4) is 0 Å². The Morgan fingerprint density at radius 3 is 2.46 bits per heavy atom. The van der Waals surface area contributed by atoms with Crippen LogP contribution in [0.4, 0.5) is 10.5 Å². The summed E-state index contributed by atoms with van der Waals surface area (Å²) < 4.78 is 0.975. The molecular weight excluding hydrogens is 469 g/mol. The smallest absolute Gasteiger partial charge is 0.324 e. The van der Waals surface area contributed by atoms with Crippen LogP contribution in [-0.4, -0.2) is 29.3 Å². The number of amides is 4. The van der Waals surface area contributed by atoms with Crippen molar-refractivity contribution in [2.45, 2.75) is 32.2 Å². The van der Waals surface area contributed by atoms with E-state index in [-0.39, 0.29) is 6.54 Å². The van der Waals surface area contributed by atoms with Crippen molar-refractivity contribution in [3.63, 3.8) is 0 Å². The first kappa shape index (κ1) is 20.3. The van der Waals surface area contributed by atoms with Gasteiger partial charge in [0.2, 0.25) is 5.91 Å². The first-order valence-corrected chi connectivity index (χ1v) is 10.1. The Bertz CT molecular complexity index is 927. The molecule has 0 spiro atoms. The monoisotopic (exact) mass is 491 g/mol. The summed E-state index contributed by atoms with van der Waals surface area (Å²) in [5.41, 5.74) is 1.28. The average molecular weight is 491 g/mol. The Morgan fingerprint density at radius 2 is 1.86 bits per heavy atom. The number of benzene rings is 2. The Balaban J connectivity index is 1.74. The fraction of sp³-hybridized carbons (Fsp3) is 0.286. The minimum atomic E-state index is -1.19. The molecule has 1 heterocycles. The van der Waals surface area contributed by atoms with Gasteiger partial charge in [-0.3, -0.25) is 14.5 Å².